The van der Waals surface area contributed by atoms with Gasteiger partial charge in [0.05, 0.1) is 5.39 Å². The average molecular weight is 326 g/mol. The van der Waals surface area contributed by atoms with Gasteiger partial charge in [-0.1, -0.05) is 41.2 Å². The molecule has 0 saturated heterocycles. The van der Waals surface area contributed by atoms with Crippen LogP contribution in [0.1, 0.15) is 5.56 Å². The van der Waals surface area contributed by atoms with E-state index in [1.54, 1.807) is 36.4 Å². The molecule has 0 saturated carbocycles. The number of carbonyl (C=O) groups excluding carboxylic acids is 1. The first-order valence-electron chi connectivity index (χ1n) is 7.04. The second-order valence-electron chi connectivity index (χ2n) is 5.17. The topological polar surface area (TPSA) is 68.2 Å². The average Bonchev–Trinajstić information content (AvgIpc) is 2.54. The molecule has 0 aliphatic heterocycles. The summed E-state index contributed by atoms with van der Waals surface area (Å²) in [5, 5.41) is 3.13. The van der Waals surface area contributed by atoms with Crippen LogP contribution in [-0.2, 0) is 11.3 Å². The van der Waals surface area contributed by atoms with Crippen LogP contribution < -0.4 is 15.7 Å². The van der Waals surface area contributed by atoms with Gasteiger partial charge in [0.1, 0.15) is 6.54 Å². The van der Waals surface area contributed by atoms with Crippen molar-refractivity contribution in [3.05, 3.63) is 74.1 Å². The third kappa shape index (κ3) is 3.22. The van der Waals surface area contributed by atoms with Gasteiger partial charge in [-0.25, -0.2) is 0 Å². The van der Waals surface area contributed by atoms with E-state index in [0.29, 0.717) is 15.8 Å². The summed E-state index contributed by atoms with van der Waals surface area (Å²) in [7, 11) is 0. The number of nitrogens with zero attached hydrogens (tertiary/aromatic N) is 1. The van der Waals surface area contributed by atoms with E-state index in [2.05, 4.69) is 5.32 Å². The summed E-state index contributed by atoms with van der Waals surface area (Å²) in [4.78, 5) is 36.1. The smallest absolute Gasteiger partial charge is 0.311 e. The fraction of sp³-hybridized carbons (Fsp3) is 0.118. The van der Waals surface area contributed by atoms with Crippen LogP contribution in [0.5, 0.6) is 0 Å². The van der Waals surface area contributed by atoms with Gasteiger partial charge in [0.25, 0.3) is 5.56 Å². The van der Waals surface area contributed by atoms with Crippen LogP contribution in [0, 0.1) is 6.92 Å². The Morgan fingerprint density at radius 1 is 1.09 bits per heavy atom. The molecular formula is C17H14N2O3S. The first kappa shape index (κ1) is 15.2. The van der Waals surface area contributed by atoms with Gasteiger partial charge >= 0.3 is 4.87 Å². The Hall–Kier alpha value is -2.73. The lowest BCUT2D eigenvalue weighted by Crippen LogP contribution is -2.35. The predicted molar refractivity (Wildman–Crippen MR) is 92.2 cm³/mol. The maximum Gasteiger partial charge on any atom is 0.311 e. The van der Waals surface area contributed by atoms with E-state index in [-0.39, 0.29) is 6.54 Å². The summed E-state index contributed by atoms with van der Waals surface area (Å²) >= 11 is 0.960. The number of rotatable bonds is 3. The number of anilines is 1. The Kier molecular flexibility index (Phi) is 4.08. The van der Waals surface area contributed by atoms with Gasteiger partial charge in [-0.2, -0.15) is 0 Å². The van der Waals surface area contributed by atoms with Gasteiger partial charge in [-0.15, -0.1) is 0 Å². The van der Waals surface area contributed by atoms with E-state index in [1.165, 1.54) is 0 Å². The SMILES string of the molecule is Cc1ccc(NC(=O)Cn2c(=O)sc3ccccc3c2=O)cc1. The molecular weight excluding hydrogens is 312 g/mol. The van der Waals surface area contributed by atoms with Crippen molar-refractivity contribution in [2.24, 2.45) is 0 Å². The molecule has 0 bridgehead atoms. The van der Waals surface area contributed by atoms with E-state index in [9.17, 15) is 14.4 Å². The normalized spacial score (nSPS) is 10.7. The summed E-state index contributed by atoms with van der Waals surface area (Å²) in [6.07, 6.45) is 0. The number of carbonyl (C=O) groups is 1. The van der Waals surface area contributed by atoms with Crippen molar-refractivity contribution >= 4 is 33.0 Å². The maximum absolute atomic E-state index is 12.4. The molecule has 0 atom stereocenters. The minimum Gasteiger partial charge on any atom is -0.325 e. The molecule has 0 aliphatic carbocycles. The highest BCUT2D eigenvalue weighted by molar-refractivity contribution is 7.16. The fourth-order valence-corrected chi connectivity index (χ4v) is 3.08. The van der Waals surface area contributed by atoms with Crippen LogP contribution in [0.15, 0.2) is 58.1 Å². The second-order valence-corrected chi connectivity index (χ2v) is 6.16. The molecule has 1 heterocycles. The molecule has 1 aromatic heterocycles. The summed E-state index contributed by atoms with van der Waals surface area (Å²) in [5.74, 6) is -0.407. The Morgan fingerprint density at radius 2 is 1.78 bits per heavy atom. The molecule has 0 aliphatic rings. The van der Waals surface area contributed by atoms with E-state index in [4.69, 9.17) is 0 Å². The van der Waals surface area contributed by atoms with E-state index in [0.717, 1.165) is 21.5 Å². The molecule has 116 valence electrons. The number of hydrogen-bond donors (Lipinski definition) is 1. The first-order valence-corrected chi connectivity index (χ1v) is 7.85. The molecule has 2 aromatic carbocycles. The second kappa shape index (κ2) is 6.18. The third-order valence-electron chi connectivity index (χ3n) is 3.42. The van der Waals surface area contributed by atoms with Crippen LogP contribution in [0.25, 0.3) is 10.1 Å². The van der Waals surface area contributed by atoms with Crippen molar-refractivity contribution < 1.29 is 4.79 Å². The minimum absolute atomic E-state index is 0.299. The fourth-order valence-electron chi connectivity index (χ4n) is 2.23. The number of hydrogen-bond acceptors (Lipinski definition) is 4. The van der Waals surface area contributed by atoms with Gasteiger partial charge < -0.3 is 5.32 Å². The number of benzene rings is 2. The molecule has 1 amide bonds. The zero-order valence-electron chi connectivity index (χ0n) is 12.4. The molecule has 0 unspecified atom stereocenters. The summed E-state index contributed by atoms with van der Waals surface area (Å²) in [6.45, 7) is 1.65. The highest BCUT2D eigenvalue weighted by atomic mass is 32.1. The number of amides is 1. The van der Waals surface area contributed by atoms with Crippen LogP contribution >= 0.6 is 11.3 Å². The molecule has 5 nitrogen and oxygen atoms in total. The highest BCUT2D eigenvalue weighted by Gasteiger charge is 2.11. The largest absolute Gasteiger partial charge is 0.325 e. The van der Waals surface area contributed by atoms with E-state index < -0.39 is 16.3 Å². The third-order valence-corrected chi connectivity index (χ3v) is 4.39. The Bertz CT molecular complexity index is 987. The van der Waals surface area contributed by atoms with Crippen LogP contribution in [0.4, 0.5) is 5.69 Å². The molecule has 1 N–H and O–H groups in total. The highest BCUT2D eigenvalue weighted by Crippen LogP contribution is 2.11. The zero-order valence-corrected chi connectivity index (χ0v) is 13.2. The lowest BCUT2D eigenvalue weighted by molar-refractivity contribution is -0.116. The number of aromatic nitrogens is 1. The Balaban J connectivity index is 1.89. The Morgan fingerprint density at radius 3 is 2.52 bits per heavy atom. The monoisotopic (exact) mass is 326 g/mol. The van der Waals surface area contributed by atoms with Gasteiger partial charge in [0.2, 0.25) is 5.91 Å². The quantitative estimate of drug-likeness (QED) is 0.803. The molecule has 6 heteroatoms. The first-order chi connectivity index (χ1) is 11.0. The van der Waals surface area contributed by atoms with Crippen molar-refractivity contribution in [3.8, 4) is 0 Å². The lowest BCUT2D eigenvalue weighted by Gasteiger charge is -2.07. The summed E-state index contributed by atoms with van der Waals surface area (Å²) in [6, 6.07) is 14.2. The maximum atomic E-state index is 12.4. The molecule has 0 radical (unpaired) electrons. The van der Waals surface area contributed by atoms with Crippen molar-refractivity contribution in [2.45, 2.75) is 13.5 Å². The predicted octanol–water partition coefficient (Wildman–Crippen LogP) is 2.37. The summed E-state index contributed by atoms with van der Waals surface area (Å²) < 4.78 is 1.59. The van der Waals surface area contributed by atoms with Crippen molar-refractivity contribution in [1.29, 1.82) is 0 Å². The molecule has 23 heavy (non-hydrogen) atoms. The van der Waals surface area contributed by atoms with E-state index in [1.807, 2.05) is 19.1 Å². The van der Waals surface area contributed by atoms with E-state index >= 15 is 0 Å². The van der Waals surface area contributed by atoms with Crippen molar-refractivity contribution in [2.75, 3.05) is 5.32 Å². The number of aryl methyl sites for hydroxylation is 1. The van der Waals surface area contributed by atoms with Gasteiger partial charge in [0.15, 0.2) is 0 Å². The summed E-state index contributed by atoms with van der Waals surface area (Å²) in [5.41, 5.74) is 1.27. The van der Waals surface area contributed by atoms with Gasteiger partial charge in [0, 0.05) is 10.4 Å². The van der Waals surface area contributed by atoms with Crippen molar-refractivity contribution in [3.63, 3.8) is 0 Å². The van der Waals surface area contributed by atoms with Crippen LogP contribution in [-0.4, -0.2) is 10.5 Å². The minimum atomic E-state index is -0.441. The molecule has 3 aromatic rings. The zero-order chi connectivity index (χ0) is 16.4. The van der Waals surface area contributed by atoms with Crippen LogP contribution in [0.3, 0.4) is 0 Å². The van der Waals surface area contributed by atoms with Gasteiger partial charge in [-0.3, -0.25) is 19.0 Å². The van der Waals surface area contributed by atoms with Crippen molar-refractivity contribution in [1.82, 2.24) is 4.57 Å². The number of nitrogens with one attached hydrogen (secondary N) is 1. The lowest BCUT2D eigenvalue weighted by atomic mass is 10.2. The van der Waals surface area contributed by atoms with Gasteiger partial charge in [-0.05, 0) is 31.2 Å². The standard InChI is InChI=1S/C17H14N2O3S/c1-11-6-8-12(9-7-11)18-15(20)10-19-16(21)13-4-2-3-5-14(13)23-17(19)22/h2-9H,10H2,1H3,(H,18,20). The van der Waals surface area contributed by atoms with Crippen LogP contribution in [0.2, 0.25) is 0 Å². The molecule has 3 rings (SSSR count). The molecule has 0 fully saturated rings. The Labute approximate surface area is 135 Å². The number of fused-ring (bicyclic) bond motifs is 1. The molecule has 0 spiro atoms.